The third kappa shape index (κ3) is 8.17. The van der Waals surface area contributed by atoms with Gasteiger partial charge in [-0.15, -0.1) is 0 Å². The molecule has 1 rings (SSSR count). The van der Waals surface area contributed by atoms with Crippen molar-refractivity contribution in [3.05, 3.63) is 72.4 Å². The summed E-state index contributed by atoms with van der Waals surface area (Å²) in [6.45, 7) is 11.7. The summed E-state index contributed by atoms with van der Waals surface area (Å²) in [5.41, 5.74) is 2.62. The van der Waals surface area contributed by atoms with Crippen molar-refractivity contribution in [2.45, 2.75) is 27.3 Å². The fourth-order valence-electron chi connectivity index (χ4n) is 1.79. The summed E-state index contributed by atoms with van der Waals surface area (Å²) < 4.78 is 0. The van der Waals surface area contributed by atoms with Crippen molar-refractivity contribution in [3.63, 3.8) is 0 Å². The van der Waals surface area contributed by atoms with Crippen LogP contribution in [0.2, 0.25) is 0 Å². The zero-order valence-electron chi connectivity index (χ0n) is 12.8. The Morgan fingerprint density at radius 2 is 1.84 bits per heavy atom. The summed E-state index contributed by atoms with van der Waals surface area (Å²) in [5.74, 6) is 0. The molecule has 1 heteroatoms. The molecule has 0 aromatic heterocycles. The molecule has 0 bridgehead atoms. The molecule has 0 saturated heterocycles. The Kier molecular flexibility index (Phi) is 10.5. The molecule has 1 aromatic carbocycles. The second-order valence-electron chi connectivity index (χ2n) is 4.14. The van der Waals surface area contributed by atoms with E-state index in [4.69, 9.17) is 0 Å². The van der Waals surface area contributed by atoms with Crippen LogP contribution in [0, 0.1) is 0 Å². The monoisotopic (exact) mass is 257 g/mol. The molecule has 0 spiro atoms. The van der Waals surface area contributed by atoms with Crippen molar-refractivity contribution in [2.24, 2.45) is 0 Å². The van der Waals surface area contributed by atoms with Crippen molar-refractivity contribution in [3.8, 4) is 0 Å². The highest BCUT2D eigenvalue weighted by Crippen LogP contribution is 2.06. The van der Waals surface area contributed by atoms with Crippen LogP contribution in [0.3, 0.4) is 0 Å². The summed E-state index contributed by atoms with van der Waals surface area (Å²) in [5, 5.41) is 0. The van der Waals surface area contributed by atoms with Crippen LogP contribution in [0.25, 0.3) is 0 Å². The highest BCUT2D eigenvalue weighted by Gasteiger charge is 2.01. The Labute approximate surface area is 119 Å². The van der Waals surface area contributed by atoms with Gasteiger partial charge in [-0.3, -0.25) is 4.90 Å². The second-order valence-corrected chi connectivity index (χ2v) is 4.14. The predicted octanol–water partition coefficient (Wildman–Crippen LogP) is 4.83. The van der Waals surface area contributed by atoms with Crippen molar-refractivity contribution in [1.29, 1.82) is 0 Å². The van der Waals surface area contributed by atoms with Gasteiger partial charge in [-0.25, -0.2) is 0 Å². The van der Waals surface area contributed by atoms with Gasteiger partial charge in [0.15, 0.2) is 0 Å². The van der Waals surface area contributed by atoms with E-state index in [0.717, 1.165) is 13.1 Å². The van der Waals surface area contributed by atoms with E-state index in [0.29, 0.717) is 0 Å². The average molecular weight is 257 g/mol. The largest absolute Gasteiger partial charge is 0.298 e. The number of rotatable bonds is 6. The van der Waals surface area contributed by atoms with Crippen LogP contribution in [-0.2, 0) is 6.54 Å². The normalized spacial score (nSPS) is 11.3. The zero-order valence-corrected chi connectivity index (χ0v) is 12.8. The average Bonchev–Trinajstić information content (AvgIpc) is 2.42. The first kappa shape index (κ1) is 17.4. The number of hydrogen-bond donors (Lipinski definition) is 0. The first-order valence-electron chi connectivity index (χ1n) is 6.93. The zero-order chi connectivity index (χ0) is 14.5. The molecule has 0 heterocycles. The number of likely N-dealkylation sites (N-methyl/N-ethyl adjacent to an activating group) is 1. The lowest BCUT2D eigenvalue weighted by atomic mass is 10.2. The Hall–Kier alpha value is -1.60. The molecule has 19 heavy (non-hydrogen) atoms. The summed E-state index contributed by atoms with van der Waals surface area (Å²) in [6.07, 6.45) is 8.09. The van der Waals surface area contributed by atoms with Gasteiger partial charge in [0.25, 0.3) is 0 Å². The SMILES string of the molecule is C=C/C=C(\C=C/C)CN(C)Cc1ccccc1.CC. The lowest BCUT2D eigenvalue weighted by Crippen LogP contribution is -2.20. The summed E-state index contributed by atoms with van der Waals surface area (Å²) in [7, 11) is 2.13. The van der Waals surface area contributed by atoms with E-state index in [9.17, 15) is 0 Å². The molecule has 0 amide bonds. The van der Waals surface area contributed by atoms with Crippen molar-refractivity contribution in [1.82, 2.24) is 4.90 Å². The number of hydrogen-bond acceptors (Lipinski definition) is 1. The van der Waals surface area contributed by atoms with Crippen LogP contribution in [0.5, 0.6) is 0 Å². The number of nitrogens with zero attached hydrogens (tertiary/aromatic N) is 1. The lowest BCUT2D eigenvalue weighted by molar-refractivity contribution is 0.358. The van der Waals surface area contributed by atoms with E-state index < -0.39 is 0 Å². The van der Waals surface area contributed by atoms with E-state index in [1.54, 1.807) is 0 Å². The Bertz CT molecular complexity index is 387. The third-order valence-electron chi connectivity index (χ3n) is 2.46. The van der Waals surface area contributed by atoms with Gasteiger partial charge < -0.3 is 0 Å². The van der Waals surface area contributed by atoms with Gasteiger partial charge in [0.05, 0.1) is 0 Å². The topological polar surface area (TPSA) is 3.24 Å². The molecule has 0 fully saturated rings. The maximum atomic E-state index is 3.75. The van der Waals surface area contributed by atoms with E-state index in [1.165, 1.54) is 11.1 Å². The van der Waals surface area contributed by atoms with Crippen molar-refractivity contribution in [2.75, 3.05) is 13.6 Å². The second kappa shape index (κ2) is 11.5. The first-order valence-corrected chi connectivity index (χ1v) is 6.93. The summed E-state index contributed by atoms with van der Waals surface area (Å²) in [4.78, 5) is 2.30. The molecule has 1 aromatic rings. The molecule has 0 aliphatic carbocycles. The Morgan fingerprint density at radius 1 is 1.21 bits per heavy atom. The molecule has 0 unspecified atom stereocenters. The van der Waals surface area contributed by atoms with Gasteiger partial charge in [0, 0.05) is 13.1 Å². The molecule has 0 atom stereocenters. The first-order chi connectivity index (χ1) is 9.26. The third-order valence-corrected chi connectivity index (χ3v) is 2.46. The quantitative estimate of drug-likeness (QED) is 0.660. The van der Waals surface area contributed by atoms with Crippen LogP contribution < -0.4 is 0 Å². The van der Waals surface area contributed by atoms with Crippen LogP contribution in [0.4, 0.5) is 0 Å². The standard InChI is InChI=1S/C16H21N.C2H6/c1-4-9-15(10-5-2)13-17(3)14-16-11-7-6-8-12-16;1-2/h4-12H,1,13-14H2,2-3H3;1-2H3/b10-5-,15-9+;. The van der Waals surface area contributed by atoms with Gasteiger partial charge >= 0.3 is 0 Å². The fourth-order valence-corrected chi connectivity index (χ4v) is 1.79. The fraction of sp³-hybridized carbons (Fsp3) is 0.333. The molecular formula is C18H27N. The minimum atomic E-state index is 0.936. The van der Waals surface area contributed by atoms with Gasteiger partial charge in [-0.2, -0.15) is 0 Å². The van der Waals surface area contributed by atoms with Gasteiger partial charge in [-0.05, 0) is 25.1 Å². The van der Waals surface area contributed by atoms with E-state index in [2.05, 4.69) is 61.0 Å². The minimum Gasteiger partial charge on any atom is -0.298 e. The smallest absolute Gasteiger partial charge is 0.0234 e. The lowest BCUT2D eigenvalue weighted by Gasteiger charge is -2.17. The van der Waals surface area contributed by atoms with Crippen molar-refractivity contribution < 1.29 is 0 Å². The highest BCUT2D eigenvalue weighted by atomic mass is 15.1. The Morgan fingerprint density at radius 3 is 2.37 bits per heavy atom. The van der Waals surface area contributed by atoms with Crippen LogP contribution in [-0.4, -0.2) is 18.5 Å². The summed E-state index contributed by atoms with van der Waals surface area (Å²) in [6, 6.07) is 10.5. The molecule has 0 saturated carbocycles. The molecule has 0 aliphatic heterocycles. The van der Waals surface area contributed by atoms with Gasteiger partial charge in [0.2, 0.25) is 0 Å². The minimum absolute atomic E-state index is 0.936. The number of benzene rings is 1. The predicted molar refractivity (Wildman–Crippen MR) is 87.2 cm³/mol. The summed E-state index contributed by atoms with van der Waals surface area (Å²) >= 11 is 0. The number of allylic oxidation sites excluding steroid dienone is 3. The molecule has 1 nitrogen and oxygen atoms in total. The molecule has 0 aliphatic rings. The van der Waals surface area contributed by atoms with Crippen LogP contribution in [0.1, 0.15) is 26.3 Å². The molecular weight excluding hydrogens is 230 g/mol. The molecule has 104 valence electrons. The maximum absolute atomic E-state index is 3.75. The van der Waals surface area contributed by atoms with E-state index >= 15 is 0 Å². The van der Waals surface area contributed by atoms with E-state index in [1.807, 2.05) is 32.9 Å². The van der Waals surface area contributed by atoms with Crippen LogP contribution >= 0.6 is 0 Å². The van der Waals surface area contributed by atoms with Crippen LogP contribution in [0.15, 0.2) is 66.8 Å². The Balaban J connectivity index is 0.00000154. The molecule has 0 radical (unpaired) electrons. The van der Waals surface area contributed by atoms with Gasteiger partial charge in [0.1, 0.15) is 0 Å². The van der Waals surface area contributed by atoms with E-state index in [-0.39, 0.29) is 0 Å². The maximum Gasteiger partial charge on any atom is 0.0234 e. The van der Waals surface area contributed by atoms with Gasteiger partial charge in [-0.1, -0.05) is 75.1 Å². The molecule has 0 N–H and O–H groups in total. The highest BCUT2D eigenvalue weighted by molar-refractivity contribution is 5.24. The van der Waals surface area contributed by atoms with Crippen molar-refractivity contribution >= 4 is 0 Å².